The first kappa shape index (κ1) is 38.2. The quantitative estimate of drug-likeness (QED) is 0.142. The Kier molecular flexibility index (Phi) is 8.99. The van der Waals surface area contributed by atoms with E-state index in [0.29, 0.717) is 11.8 Å². The molecule has 67 heavy (non-hydrogen) atoms. The van der Waals surface area contributed by atoms with Crippen LogP contribution in [0.3, 0.4) is 0 Å². The third kappa shape index (κ3) is 6.83. The fraction of sp³-hybridized carbons (Fsp3) is 0. The van der Waals surface area contributed by atoms with Gasteiger partial charge < -0.3 is 23.1 Å². The van der Waals surface area contributed by atoms with E-state index in [1.165, 1.54) is 0 Å². The van der Waals surface area contributed by atoms with E-state index < -0.39 is 0 Å². The van der Waals surface area contributed by atoms with Gasteiger partial charge >= 0.3 is 0 Å². The molecule has 9 aromatic carbocycles. The maximum atomic E-state index is 6.65. The molecule has 0 aliphatic heterocycles. The molecule has 4 heterocycles. The van der Waals surface area contributed by atoms with Crippen LogP contribution in [0.25, 0.3) is 88.9 Å². The number of rotatable bonds is 9. The molecule has 8 heteroatoms. The van der Waals surface area contributed by atoms with Crippen molar-refractivity contribution in [3.05, 3.63) is 225 Å². The largest absolute Gasteiger partial charge is 0.456 e. The highest BCUT2D eigenvalue weighted by atomic mass is 16.4. The van der Waals surface area contributed by atoms with E-state index in [1.54, 1.807) is 6.20 Å². The number of nitrogens with zero attached hydrogens (tertiary/aromatic N) is 5. The van der Waals surface area contributed by atoms with Gasteiger partial charge in [0, 0.05) is 62.6 Å². The van der Waals surface area contributed by atoms with Crippen molar-refractivity contribution in [3.8, 4) is 34.0 Å². The molecule has 0 saturated carbocycles. The van der Waals surface area contributed by atoms with E-state index in [0.717, 1.165) is 111 Å². The van der Waals surface area contributed by atoms with Crippen molar-refractivity contribution in [2.75, 3.05) is 9.80 Å². The van der Waals surface area contributed by atoms with Crippen molar-refractivity contribution in [1.29, 1.82) is 0 Å². The molecule has 0 aliphatic rings. The Balaban J connectivity index is 0.827. The fourth-order valence-electron chi connectivity index (χ4n) is 9.17. The van der Waals surface area contributed by atoms with Gasteiger partial charge in [-0.2, -0.15) is 0 Å². The summed E-state index contributed by atoms with van der Waals surface area (Å²) in [5.74, 6) is 1.20. The van der Waals surface area contributed by atoms with Crippen molar-refractivity contribution >= 4 is 89.0 Å². The van der Waals surface area contributed by atoms with Crippen molar-refractivity contribution in [1.82, 2.24) is 15.0 Å². The molecule has 0 radical (unpaired) electrons. The molecule has 0 spiro atoms. The van der Waals surface area contributed by atoms with Crippen molar-refractivity contribution in [2.45, 2.75) is 0 Å². The minimum Gasteiger partial charge on any atom is -0.456 e. The molecule has 0 fully saturated rings. The predicted molar refractivity (Wildman–Crippen MR) is 270 cm³/mol. The van der Waals surface area contributed by atoms with E-state index in [-0.39, 0.29) is 0 Å². The van der Waals surface area contributed by atoms with E-state index >= 15 is 0 Å². The first-order chi connectivity index (χ1) is 33.2. The number of para-hydroxylation sites is 5. The third-order valence-corrected chi connectivity index (χ3v) is 12.4. The maximum absolute atomic E-state index is 6.65. The maximum Gasteiger partial charge on any atom is 0.227 e. The van der Waals surface area contributed by atoms with Gasteiger partial charge in [0.15, 0.2) is 11.2 Å². The number of hydrogen-bond donors (Lipinski definition) is 0. The number of hydrogen-bond acceptors (Lipinski definition) is 8. The monoisotopic (exact) mass is 863 g/mol. The van der Waals surface area contributed by atoms with Gasteiger partial charge in [0.2, 0.25) is 11.8 Å². The SMILES string of the molecule is c1ccc(N(c2ccc(-c3ccc(-c4nc5ccccc5o4)cc3)cc2)c2ccc3c(ccc4oc5cc(N(c6ccc(-c7nc8ccccc8o7)cc6)c6cccnc6)ccc5c43)c2)cc1. The molecule has 0 amide bonds. The van der Waals surface area contributed by atoms with Crippen LogP contribution < -0.4 is 9.80 Å². The summed E-state index contributed by atoms with van der Waals surface area (Å²) in [6.07, 6.45) is 3.66. The Morgan fingerprint density at radius 2 is 0.836 bits per heavy atom. The normalized spacial score (nSPS) is 11.6. The van der Waals surface area contributed by atoms with Crippen LogP contribution in [0.15, 0.2) is 238 Å². The molecule has 4 aromatic heterocycles. The van der Waals surface area contributed by atoms with Gasteiger partial charge in [0.05, 0.1) is 11.9 Å². The molecule has 0 aliphatic carbocycles. The number of aromatic nitrogens is 3. The van der Waals surface area contributed by atoms with Gasteiger partial charge in [0.1, 0.15) is 22.2 Å². The molecular weight excluding hydrogens is 827 g/mol. The van der Waals surface area contributed by atoms with Crippen LogP contribution in [0.1, 0.15) is 0 Å². The lowest BCUT2D eigenvalue weighted by Crippen LogP contribution is -2.10. The van der Waals surface area contributed by atoms with E-state index in [9.17, 15) is 0 Å². The number of furan rings is 1. The zero-order valence-electron chi connectivity index (χ0n) is 35.8. The number of pyridine rings is 1. The average molecular weight is 864 g/mol. The molecule has 0 N–H and O–H groups in total. The lowest BCUT2D eigenvalue weighted by Gasteiger charge is -2.26. The van der Waals surface area contributed by atoms with Crippen LogP contribution >= 0.6 is 0 Å². The Labute approximate surface area is 384 Å². The zero-order valence-corrected chi connectivity index (χ0v) is 35.8. The molecule has 0 atom stereocenters. The van der Waals surface area contributed by atoms with Crippen LogP contribution in [0.2, 0.25) is 0 Å². The highest BCUT2D eigenvalue weighted by Crippen LogP contribution is 2.43. The third-order valence-electron chi connectivity index (χ3n) is 12.4. The lowest BCUT2D eigenvalue weighted by atomic mass is 10.0. The Bertz CT molecular complexity index is 3850. The van der Waals surface area contributed by atoms with Gasteiger partial charge in [-0.1, -0.05) is 78.9 Å². The van der Waals surface area contributed by atoms with Crippen LogP contribution in [0.4, 0.5) is 34.1 Å². The minimum absolute atomic E-state index is 0.586. The average Bonchev–Trinajstić information content (AvgIpc) is 4.13. The van der Waals surface area contributed by atoms with Crippen LogP contribution in [0, 0.1) is 0 Å². The van der Waals surface area contributed by atoms with Gasteiger partial charge in [-0.15, -0.1) is 0 Å². The Morgan fingerprint density at radius 3 is 1.46 bits per heavy atom. The van der Waals surface area contributed by atoms with Crippen LogP contribution in [-0.2, 0) is 0 Å². The minimum atomic E-state index is 0.586. The summed E-state index contributed by atoms with van der Waals surface area (Å²) in [6.45, 7) is 0. The van der Waals surface area contributed by atoms with E-state index in [4.69, 9.17) is 18.2 Å². The second kappa shape index (κ2) is 15.8. The second-order valence-corrected chi connectivity index (χ2v) is 16.5. The molecule has 8 nitrogen and oxygen atoms in total. The zero-order chi connectivity index (χ0) is 44.3. The second-order valence-electron chi connectivity index (χ2n) is 16.5. The van der Waals surface area contributed by atoms with Crippen LogP contribution in [0.5, 0.6) is 0 Å². The summed E-state index contributed by atoms with van der Waals surface area (Å²) in [7, 11) is 0. The Hall–Kier alpha value is -9.27. The molecule has 0 bridgehead atoms. The summed E-state index contributed by atoms with van der Waals surface area (Å²) >= 11 is 0. The summed E-state index contributed by atoms with van der Waals surface area (Å²) in [6, 6.07) is 72.9. The predicted octanol–water partition coefficient (Wildman–Crippen LogP) is 16.4. The first-order valence-electron chi connectivity index (χ1n) is 22.1. The fourth-order valence-corrected chi connectivity index (χ4v) is 9.17. The first-order valence-corrected chi connectivity index (χ1v) is 22.1. The van der Waals surface area contributed by atoms with Crippen molar-refractivity contribution < 1.29 is 13.3 Å². The molecule has 0 saturated heterocycles. The van der Waals surface area contributed by atoms with Gasteiger partial charge in [-0.3, -0.25) is 4.98 Å². The van der Waals surface area contributed by atoms with E-state index in [1.807, 2.05) is 72.9 Å². The number of anilines is 6. The van der Waals surface area contributed by atoms with E-state index in [2.05, 4.69) is 165 Å². The lowest BCUT2D eigenvalue weighted by molar-refractivity contribution is 0.619. The van der Waals surface area contributed by atoms with Crippen molar-refractivity contribution in [2.24, 2.45) is 0 Å². The smallest absolute Gasteiger partial charge is 0.227 e. The Morgan fingerprint density at radius 1 is 0.328 bits per heavy atom. The highest BCUT2D eigenvalue weighted by Gasteiger charge is 2.20. The number of oxazole rings is 2. The summed E-state index contributed by atoms with van der Waals surface area (Å²) in [4.78, 5) is 18.3. The molecular formula is C59H37N5O3. The summed E-state index contributed by atoms with van der Waals surface area (Å²) in [5, 5.41) is 4.37. The number of benzene rings is 9. The molecule has 13 aromatic rings. The summed E-state index contributed by atoms with van der Waals surface area (Å²) < 4.78 is 18.7. The summed E-state index contributed by atoms with van der Waals surface area (Å²) in [5.41, 5.74) is 15.0. The molecule has 316 valence electrons. The van der Waals surface area contributed by atoms with Crippen LogP contribution in [-0.4, -0.2) is 15.0 Å². The van der Waals surface area contributed by atoms with Crippen molar-refractivity contribution in [3.63, 3.8) is 0 Å². The molecule has 13 rings (SSSR count). The van der Waals surface area contributed by atoms with Gasteiger partial charge in [-0.05, 0) is 149 Å². The van der Waals surface area contributed by atoms with Gasteiger partial charge in [-0.25, -0.2) is 9.97 Å². The standard InChI is InChI=1S/C59H37N5O3/c1-2-9-43(10-3-1)63(44-25-20-39(21-26-44)38-16-18-40(19-17-38)58-61-51-12-4-6-14-53(51)66-58)46-29-31-49-42(35-46)24-33-55-57(49)50-32-30-47(36-56(50)65-55)64(48-11-8-34-60-37-48)45-27-22-41(23-28-45)59-62-52-13-5-7-15-54(52)67-59/h1-37H. The van der Waals surface area contributed by atoms with Gasteiger partial charge in [0.25, 0.3) is 0 Å². The topological polar surface area (TPSA) is 84.6 Å². The highest BCUT2D eigenvalue weighted by molar-refractivity contribution is 6.19. The number of fused-ring (bicyclic) bond motifs is 7. The molecule has 0 unspecified atom stereocenters.